The first-order valence-electron chi connectivity index (χ1n) is 29.3. The maximum absolute atomic E-state index is 12.9. The summed E-state index contributed by atoms with van der Waals surface area (Å²) in [5, 5.41) is 153. The summed E-state index contributed by atoms with van der Waals surface area (Å²) < 4.78 is 54.3. The molecule has 4 aliphatic carbocycles. The van der Waals surface area contributed by atoms with Gasteiger partial charge in [0.2, 0.25) is 0 Å². The lowest BCUT2D eigenvalue weighted by Gasteiger charge is -2.71. The molecule has 14 N–H and O–H groups in total. The number of aliphatic hydroxyl groups excluding tert-OH is 14. The van der Waals surface area contributed by atoms with E-state index in [1.807, 2.05) is 20.8 Å². The van der Waals surface area contributed by atoms with Crippen molar-refractivity contribution in [1.29, 1.82) is 0 Å². The fraction of sp³-hybridized carbons (Fsp3) is 0.947. The number of allylic oxidation sites excluding steroid dienone is 2. The molecule has 0 bridgehead atoms. The van der Waals surface area contributed by atoms with Gasteiger partial charge in [0.15, 0.2) is 25.2 Å². The summed E-state index contributed by atoms with van der Waals surface area (Å²) in [7, 11) is 0. The maximum Gasteiger partial charge on any atom is 0.302 e. The molecule has 30 atom stereocenters. The first-order valence-corrected chi connectivity index (χ1v) is 29.3. The second kappa shape index (κ2) is 25.2. The lowest BCUT2D eigenvalue weighted by Crippen LogP contribution is -2.68. The van der Waals surface area contributed by atoms with E-state index < -0.39 is 184 Å². The van der Waals surface area contributed by atoms with Crippen LogP contribution < -0.4 is 0 Å². The van der Waals surface area contributed by atoms with Crippen molar-refractivity contribution in [2.24, 2.45) is 45.3 Å². The molecule has 468 valence electrons. The molecule has 24 heteroatoms. The molecule has 0 aromatic carbocycles. The molecule has 8 fully saturated rings. The van der Waals surface area contributed by atoms with Crippen molar-refractivity contribution in [2.45, 2.75) is 267 Å². The molecule has 81 heavy (non-hydrogen) atoms. The Morgan fingerprint density at radius 1 is 0.580 bits per heavy atom. The summed E-state index contributed by atoms with van der Waals surface area (Å²) >= 11 is 0. The van der Waals surface area contributed by atoms with E-state index in [0.29, 0.717) is 38.5 Å². The number of ether oxygens (including phenoxy) is 9. The van der Waals surface area contributed by atoms with Gasteiger partial charge in [-0.25, -0.2) is 0 Å². The lowest BCUT2D eigenvalue weighted by molar-refractivity contribution is -0.378. The Kier molecular flexibility index (Phi) is 20.3. The molecular weight excluding hydrogens is 1070 g/mol. The molecule has 0 aromatic rings. The number of carbonyl (C=O) groups excluding carboxylic acids is 1. The SMILES string of the molecule is CC(=O)OCC1OC(OC2C(OC3CCC4(C)C(CCC5(C)C4CC(O)C4C(C(C)(CCCC=C(C)C)OC6OC(COC7OC(CO)C(O)C(O)C7O)C(O)C(O)C6O)CCC45C)C3(C)C)OC(CO)C(O)C2O)C(O)C(O)C1O. The molecule has 0 radical (unpaired) electrons. The molecule has 30 unspecified atom stereocenters. The molecule has 0 spiro atoms. The zero-order valence-electron chi connectivity index (χ0n) is 48.3. The first kappa shape index (κ1) is 65.3. The third-order valence-corrected chi connectivity index (χ3v) is 21.4. The summed E-state index contributed by atoms with van der Waals surface area (Å²) in [5.41, 5.74) is -1.58. The average molecular weight is 1170 g/mol. The fourth-order valence-electron chi connectivity index (χ4n) is 16.6. The second-order valence-corrected chi connectivity index (χ2v) is 26.7. The number of hydrogen-bond donors (Lipinski definition) is 14. The number of fused-ring (bicyclic) bond motifs is 5. The van der Waals surface area contributed by atoms with Crippen LogP contribution in [0.25, 0.3) is 0 Å². The van der Waals surface area contributed by atoms with Crippen LogP contribution in [0.5, 0.6) is 0 Å². The number of carbonyl (C=O) groups is 1. The van der Waals surface area contributed by atoms with Crippen molar-refractivity contribution < 1.29 is 119 Å². The zero-order valence-corrected chi connectivity index (χ0v) is 48.3. The highest BCUT2D eigenvalue weighted by molar-refractivity contribution is 5.65. The van der Waals surface area contributed by atoms with Crippen LogP contribution in [0.15, 0.2) is 11.6 Å². The topological polar surface area (TPSA) is 383 Å². The second-order valence-electron chi connectivity index (χ2n) is 26.7. The van der Waals surface area contributed by atoms with Crippen molar-refractivity contribution in [3.8, 4) is 0 Å². The molecule has 4 heterocycles. The van der Waals surface area contributed by atoms with E-state index in [-0.39, 0.29) is 34.5 Å². The molecule has 24 nitrogen and oxygen atoms in total. The number of esters is 1. The van der Waals surface area contributed by atoms with Crippen molar-refractivity contribution in [3.05, 3.63) is 11.6 Å². The van der Waals surface area contributed by atoms with Gasteiger partial charge in [-0.1, -0.05) is 46.3 Å². The molecule has 4 saturated carbocycles. The van der Waals surface area contributed by atoms with Gasteiger partial charge in [0, 0.05) is 6.92 Å². The summed E-state index contributed by atoms with van der Waals surface area (Å²) in [6, 6.07) is 0. The Morgan fingerprint density at radius 3 is 1.72 bits per heavy atom. The Balaban J connectivity index is 1.01. The highest BCUT2D eigenvalue weighted by Gasteiger charge is 2.72. The Labute approximate surface area is 474 Å². The predicted octanol–water partition coefficient (Wildman–Crippen LogP) is -1.24. The van der Waals surface area contributed by atoms with Crippen LogP contribution >= 0.6 is 0 Å². The molecule has 0 aromatic heterocycles. The quantitative estimate of drug-likeness (QED) is 0.0330. The smallest absolute Gasteiger partial charge is 0.302 e. The number of unbranched alkanes of at least 4 members (excludes halogenated alkanes) is 1. The van der Waals surface area contributed by atoms with Gasteiger partial charge >= 0.3 is 5.97 Å². The molecule has 8 aliphatic rings. The minimum Gasteiger partial charge on any atom is -0.463 e. The predicted molar refractivity (Wildman–Crippen MR) is 280 cm³/mol. The Hall–Kier alpha value is -1.67. The molecule has 8 rings (SSSR count). The first-order chi connectivity index (χ1) is 37.9. The highest BCUT2D eigenvalue weighted by Crippen LogP contribution is 2.76. The van der Waals surface area contributed by atoms with E-state index >= 15 is 0 Å². The van der Waals surface area contributed by atoms with Crippen LogP contribution in [-0.2, 0) is 47.4 Å². The Morgan fingerprint density at radius 2 is 1.11 bits per heavy atom. The van der Waals surface area contributed by atoms with Crippen LogP contribution in [0.4, 0.5) is 0 Å². The molecular formula is C57H96O24. The van der Waals surface area contributed by atoms with Gasteiger partial charge in [0.25, 0.3) is 0 Å². The van der Waals surface area contributed by atoms with E-state index in [1.54, 1.807) is 0 Å². The van der Waals surface area contributed by atoms with Gasteiger partial charge in [-0.15, -0.1) is 0 Å². The van der Waals surface area contributed by atoms with Crippen molar-refractivity contribution >= 4 is 5.97 Å². The maximum atomic E-state index is 12.9. The monoisotopic (exact) mass is 1160 g/mol. The fourth-order valence-corrected chi connectivity index (χ4v) is 16.6. The minimum atomic E-state index is -1.85. The van der Waals surface area contributed by atoms with E-state index in [0.717, 1.165) is 38.2 Å². The van der Waals surface area contributed by atoms with Gasteiger partial charge in [-0.3, -0.25) is 4.79 Å². The van der Waals surface area contributed by atoms with E-state index in [2.05, 4.69) is 40.7 Å². The minimum absolute atomic E-state index is 0.0219. The standard InChI is InChI=1S/C57H96O24/c1-25(2)12-10-11-16-57(9,81-51-47(72)43(68)40(65)32(78-51)24-74-49-45(70)41(66)37(62)29(21-58)75-49)27-13-18-56(8)36(27)28(61)20-34-54(6)17-15-35(53(4,5)33(54)14-19-55(34,56)7)79-52-48(44(69)38(63)30(22-59)76-52)80-50-46(71)42(67)39(64)31(77-50)23-73-26(3)60/h12,27-52,58-59,61-72H,10-11,13-24H2,1-9H3. The number of rotatable bonds is 18. The average Bonchev–Trinajstić information content (AvgIpc) is 3.77. The van der Waals surface area contributed by atoms with Crippen LogP contribution in [0.1, 0.15) is 127 Å². The van der Waals surface area contributed by atoms with Gasteiger partial charge < -0.3 is 114 Å². The van der Waals surface area contributed by atoms with E-state index in [4.69, 9.17) is 42.6 Å². The van der Waals surface area contributed by atoms with Crippen molar-refractivity contribution in [1.82, 2.24) is 0 Å². The summed E-state index contributed by atoms with van der Waals surface area (Å²) in [5.74, 6) is -1.19. The van der Waals surface area contributed by atoms with Crippen LogP contribution in [-0.4, -0.2) is 245 Å². The largest absolute Gasteiger partial charge is 0.463 e. The van der Waals surface area contributed by atoms with Crippen molar-refractivity contribution in [2.75, 3.05) is 26.4 Å². The Bertz CT molecular complexity index is 2130. The normalized spacial score (nSPS) is 50.6. The van der Waals surface area contributed by atoms with Crippen molar-refractivity contribution in [3.63, 3.8) is 0 Å². The number of hydrogen-bond acceptors (Lipinski definition) is 24. The molecule has 0 amide bonds. The number of aliphatic hydroxyl groups is 14. The van der Waals surface area contributed by atoms with Crippen LogP contribution in [0.3, 0.4) is 0 Å². The zero-order chi connectivity index (χ0) is 59.6. The van der Waals surface area contributed by atoms with Gasteiger partial charge in [-0.05, 0) is 130 Å². The van der Waals surface area contributed by atoms with Gasteiger partial charge in [0.1, 0.15) is 104 Å². The van der Waals surface area contributed by atoms with Crippen LogP contribution in [0, 0.1) is 45.3 Å². The van der Waals surface area contributed by atoms with E-state index in [1.165, 1.54) is 0 Å². The summed E-state index contributed by atoms with van der Waals surface area (Å²) in [4.78, 5) is 11.6. The third-order valence-electron chi connectivity index (χ3n) is 21.4. The van der Waals surface area contributed by atoms with Crippen LogP contribution in [0.2, 0.25) is 0 Å². The summed E-state index contributed by atoms with van der Waals surface area (Å²) in [6.45, 7) is 16.0. The van der Waals surface area contributed by atoms with E-state index in [9.17, 15) is 76.3 Å². The third kappa shape index (κ3) is 12.1. The lowest BCUT2D eigenvalue weighted by atomic mass is 9.35. The highest BCUT2D eigenvalue weighted by atomic mass is 16.8. The molecule has 4 saturated heterocycles. The molecule has 4 aliphatic heterocycles. The van der Waals surface area contributed by atoms with Gasteiger partial charge in [0.05, 0.1) is 37.6 Å². The van der Waals surface area contributed by atoms with Gasteiger partial charge in [-0.2, -0.15) is 0 Å². The summed E-state index contributed by atoms with van der Waals surface area (Å²) in [6.07, 6.45) is -24.7.